The summed E-state index contributed by atoms with van der Waals surface area (Å²) in [5.74, 6) is 3.20. The first-order valence-electron chi connectivity index (χ1n) is 24.8. The molecular formula is C59H79NO6. The summed E-state index contributed by atoms with van der Waals surface area (Å²) in [5.41, 5.74) is 14.0. The molecule has 0 radical (unpaired) electrons. The van der Waals surface area contributed by atoms with E-state index in [4.69, 9.17) is 28.7 Å². The van der Waals surface area contributed by atoms with Crippen molar-refractivity contribution in [2.45, 2.75) is 171 Å². The van der Waals surface area contributed by atoms with Crippen LogP contribution >= 0.6 is 0 Å². The number of nitrogens with zero attached hydrogens (tertiary/aromatic N) is 1. The van der Waals surface area contributed by atoms with Gasteiger partial charge in [0.25, 0.3) is 0 Å². The standard InChI is InChI=1S/C59H79NO6/c1-16-21-63-52-38-25-39-29-46(58(10,11)12)32-42(53(39)64-22-17-2)27-43-35-51-49(36-48(37(6)60-51)56(61)62-20-5)50(55(43)66-24-19-4)34-44-33-47(59(13,14)15)31-41(54(44)65-23-18-3)26-40(52)30-45(28-38)57(7,8)9/h28-33,35-36H,16-27,34H2,1-15H3. The molecule has 0 amide bonds. The molecule has 0 aliphatic heterocycles. The van der Waals surface area contributed by atoms with Crippen LogP contribution in [0, 0.1) is 6.92 Å². The summed E-state index contributed by atoms with van der Waals surface area (Å²) in [6, 6.07) is 18.4. The average molecular weight is 898 g/mol. The Bertz CT molecular complexity index is 2530. The number of carbonyl (C=O) groups excluding carboxylic acids is 1. The van der Waals surface area contributed by atoms with Crippen LogP contribution in [0.5, 0.6) is 23.0 Å². The highest BCUT2D eigenvalue weighted by Gasteiger charge is 2.29. The Morgan fingerprint density at radius 2 is 0.818 bits per heavy atom. The summed E-state index contributed by atoms with van der Waals surface area (Å²) in [5, 5.41) is 0.869. The van der Waals surface area contributed by atoms with Gasteiger partial charge in [0, 0.05) is 42.2 Å². The molecule has 1 aromatic heterocycles. The van der Waals surface area contributed by atoms with Crippen molar-refractivity contribution in [2.75, 3.05) is 33.0 Å². The summed E-state index contributed by atoms with van der Waals surface area (Å²) in [6.45, 7) is 35.6. The minimum Gasteiger partial charge on any atom is -0.493 e. The summed E-state index contributed by atoms with van der Waals surface area (Å²) >= 11 is 0. The van der Waals surface area contributed by atoms with Crippen LogP contribution in [0.1, 0.15) is 200 Å². The lowest BCUT2D eigenvalue weighted by molar-refractivity contribution is 0.0525. The monoisotopic (exact) mass is 898 g/mol. The van der Waals surface area contributed by atoms with Crippen LogP contribution < -0.4 is 18.9 Å². The molecule has 356 valence electrons. The van der Waals surface area contributed by atoms with Crippen molar-refractivity contribution >= 4 is 16.9 Å². The molecule has 0 atom stereocenters. The second-order valence-electron chi connectivity index (χ2n) is 21.5. The van der Waals surface area contributed by atoms with E-state index in [-0.39, 0.29) is 28.8 Å². The van der Waals surface area contributed by atoms with Gasteiger partial charge in [-0.25, -0.2) is 4.79 Å². The van der Waals surface area contributed by atoms with E-state index in [1.807, 2.05) is 19.9 Å². The van der Waals surface area contributed by atoms with E-state index in [9.17, 15) is 4.79 Å². The highest BCUT2D eigenvalue weighted by atomic mass is 16.5. The molecule has 1 aliphatic rings. The Labute approximate surface area is 397 Å². The lowest BCUT2D eigenvalue weighted by atomic mass is 9.80. The predicted octanol–water partition coefficient (Wildman–Crippen LogP) is 14.4. The minimum atomic E-state index is -0.379. The van der Waals surface area contributed by atoms with Gasteiger partial charge in [-0.15, -0.1) is 0 Å². The topological polar surface area (TPSA) is 76.1 Å². The Morgan fingerprint density at radius 1 is 0.485 bits per heavy atom. The van der Waals surface area contributed by atoms with Crippen LogP contribution in [0.15, 0.2) is 48.5 Å². The van der Waals surface area contributed by atoms with E-state index >= 15 is 0 Å². The Morgan fingerprint density at radius 3 is 1.15 bits per heavy atom. The Balaban J connectivity index is 1.85. The molecule has 7 nitrogen and oxygen atoms in total. The third-order valence-corrected chi connectivity index (χ3v) is 12.6. The number of aryl methyl sites for hydroxylation is 1. The molecular weight excluding hydrogens is 819 g/mol. The van der Waals surface area contributed by atoms with Gasteiger partial charge in [-0.2, -0.15) is 0 Å². The van der Waals surface area contributed by atoms with Gasteiger partial charge in [0.15, 0.2) is 0 Å². The van der Waals surface area contributed by atoms with E-state index in [0.717, 1.165) is 104 Å². The average Bonchev–Trinajstić information content (AvgIpc) is 3.23. The largest absolute Gasteiger partial charge is 0.493 e. The van der Waals surface area contributed by atoms with Crippen LogP contribution in [0.3, 0.4) is 0 Å². The van der Waals surface area contributed by atoms with Gasteiger partial charge in [-0.3, -0.25) is 4.98 Å². The van der Waals surface area contributed by atoms with Crippen molar-refractivity contribution in [3.8, 4) is 23.0 Å². The molecule has 4 aromatic carbocycles. The third-order valence-electron chi connectivity index (χ3n) is 12.6. The van der Waals surface area contributed by atoms with Gasteiger partial charge in [-0.1, -0.05) is 126 Å². The molecule has 0 saturated heterocycles. The highest BCUT2D eigenvalue weighted by molar-refractivity contribution is 5.97. The van der Waals surface area contributed by atoms with Gasteiger partial charge in [-0.05, 0) is 118 Å². The normalized spacial score (nSPS) is 13.1. The molecule has 0 fully saturated rings. The van der Waals surface area contributed by atoms with Crippen molar-refractivity contribution in [3.63, 3.8) is 0 Å². The maximum Gasteiger partial charge on any atom is 0.339 e. The van der Waals surface area contributed by atoms with E-state index in [1.54, 1.807) is 0 Å². The van der Waals surface area contributed by atoms with Crippen molar-refractivity contribution in [1.82, 2.24) is 4.98 Å². The van der Waals surface area contributed by atoms with Crippen molar-refractivity contribution in [1.29, 1.82) is 0 Å². The van der Waals surface area contributed by atoms with Crippen LogP contribution in [-0.2, 0) is 46.7 Å². The van der Waals surface area contributed by atoms with Crippen molar-refractivity contribution in [2.24, 2.45) is 0 Å². The quantitative estimate of drug-likeness (QED) is 0.101. The number of rotatable bonds is 14. The molecule has 0 saturated carbocycles. The van der Waals surface area contributed by atoms with E-state index in [1.165, 1.54) is 16.7 Å². The van der Waals surface area contributed by atoms with Gasteiger partial charge in [0.1, 0.15) is 23.0 Å². The van der Waals surface area contributed by atoms with E-state index in [0.29, 0.717) is 63.4 Å². The molecule has 1 heterocycles. The van der Waals surface area contributed by atoms with Crippen LogP contribution in [0.4, 0.5) is 0 Å². The van der Waals surface area contributed by atoms with Gasteiger partial charge in [0.2, 0.25) is 0 Å². The number of hydrogen-bond acceptors (Lipinski definition) is 7. The summed E-state index contributed by atoms with van der Waals surface area (Å²) in [7, 11) is 0. The summed E-state index contributed by atoms with van der Waals surface area (Å²) < 4.78 is 33.5. The number of pyridine rings is 1. The molecule has 0 spiro atoms. The number of aromatic nitrogens is 1. The number of carbonyl (C=O) groups is 1. The van der Waals surface area contributed by atoms with Crippen molar-refractivity contribution < 1.29 is 28.5 Å². The molecule has 66 heavy (non-hydrogen) atoms. The number of ether oxygens (including phenoxy) is 5. The number of fused-ring (bicyclic) bond motifs is 10. The van der Waals surface area contributed by atoms with Gasteiger partial charge in [0.05, 0.1) is 49.8 Å². The lowest BCUT2D eigenvalue weighted by Crippen LogP contribution is -2.17. The number of hydrogen-bond donors (Lipinski definition) is 0. The molecule has 0 unspecified atom stereocenters. The minimum absolute atomic E-state index is 0.124. The van der Waals surface area contributed by atoms with E-state index < -0.39 is 0 Å². The Kier molecular flexibility index (Phi) is 15.9. The van der Waals surface area contributed by atoms with E-state index in [2.05, 4.69) is 132 Å². The third kappa shape index (κ3) is 11.4. The molecule has 6 rings (SSSR count). The van der Waals surface area contributed by atoms with Crippen LogP contribution in [0.2, 0.25) is 0 Å². The zero-order valence-corrected chi connectivity index (χ0v) is 43.2. The lowest BCUT2D eigenvalue weighted by Gasteiger charge is -2.29. The smallest absolute Gasteiger partial charge is 0.339 e. The summed E-state index contributed by atoms with van der Waals surface area (Å²) in [4.78, 5) is 18.8. The van der Waals surface area contributed by atoms with Gasteiger partial charge >= 0.3 is 5.97 Å². The number of esters is 1. The van der Waals surface area contributed by atoms with Crippen LogP contribution in [-0.4, -0.2) is 44.0 Å². The second kappa shape index (κ2) is 20.9. The molecule has 7 heteroatoms. The van der Waals surface area contributed by atoms with Crippen molar-refractivity contribution in [3.05, 3.63) is 121 Å². The maximum atomic E-state index is 13.6. The fourth-order valence-corrected chi connectivity index (χ4v) is 8.95. The van der Waals surface area contributed by atoms with Crippen LogP contribution in [0.25, 0.3) is 10.9 Å². The SMILES string of the molecule is CCCOc1c2cc(C(C)(C)C)cc1Cc1cc(C(C)(C)C)cc(c1OCCC)Cc1c(OCCC)c(cc3nc(C)c(C(=O)OCC)cc13)Cc1cc(C(C)(C)C)cc(c1OCCC)C2. The second-order valence-corrected chi connectivity index (χ2v) is 21.5. The fourth-order valence-electron chi connectivity index (χ4n) is 8.95. The zero-order chi connectivity index (χ0) is 48.1. The highest BCUT2D eigenvalue weighted by Crippen LogP contribution is 2.45. The first kappa shape index (κ1) is 50.4. The molecule has 8 bridgehead atoms. The molecule has 1 aliphatic carbocycles. The maximum absolute atomic E-state index is 13.6. The predicted molar refractivity (Wildman–Crippen MR) is 272 cm³/mol. The first-order chi connectivity index (χ1) is 31.2. The fraction of sp³-hybridized carbons (Fsp3) is 0.525. The van der Waals surface area contributed by atoms with Gasteiger partial charge < -0.3 is 23.7 Å². The zero-order valence-electron chi connectivity index (χ0n) is 43.2. The number of benzene rings is 4. The molecule has 5 aromatic rings. The Hall–Kier alpha value is -5.04. The summed E-state index contributed by atoms with van der Waals surface area (Å²) in [6.07, 6.45) is 5.76. The molecule has 0 N–H and O–H groups in total. The first-order valence-corrected chi connectivity index (χ1v) is 24.8.